The lowest BCUT2D eigenvalue weighted by molar-refractivity contribution is -0.133. The Balaban J connectivity index is 1.53. The molecule has 1 unspecified atom stereocenters. The zero-order valence-corrected chi connectivity index (χ0v) is 16.0. The summed E-state index contributed by atoms with van der Waals surface area (Å²) in [4.78, 5) is 14.1. The summed E-state index contributed by atoms with van der Waals surface area (Å²) in [5, 5.41) is -0.837. The fourth-order valence-electron chi connectivity index (χ4n) is 4.07. The summed E-state index contributed by atoms with van der Waals surface area (Å²) >= 11 is 0. The highest BCUT2D eigenvalue weighted by atomic mass is 32.2. The molecule has 10 heteroatoms. The van der Waals surface area contributed by atoms with Gasteiger partial charge in [-0.2, -0.15) is 4.31 Å². The van der Waals surface area contributed by atoms with Gasteiger partial charge in [-0.05, 0) is 25.2 Å². The molecule has 2 N–H and O–H groups in total. The van der Waals surface area contributed by atoms with Gasteiger partial charge in [0.1, 0.15) is 0 Å². The molecule has 2 heterocycles. The Bertz CT molecular complexity index is 713. The van der Waals surface area contributed by atoms with Gasteiger partial charge in [0, 0.05) is 38.6 Å². The molecule has 3 fully saturated rings. The normalized spacial score (nSPS) is 33.6. The minimum atomic E-state index is -3.62. The molecule has 0 aromatic rings. The Kier molecular flexibility index (Phi) is 5.44. The topological polar surface area (TPSA) is 118 Å². The Morgan fingerprint density at radius 2 is 1.76 bits per heavy atom. The van der Waals surface area contributed by atoms with Crippen molar-refractivity contribution in [1.82, 2.24) is 9.21 Å². The molecule has 0 aromatic carbocycles. The van der Waals surface area contributed by atoms with Crippen molar-refractivity contribution in [3.05, 3.63) is 0 Å². The molecule has 144 valence electrons. The maximum absolute atomic E-state index is 12.6. The van der Waals surface area contributed by atoms with E-state index in [9.17, 15) is 21.6 Å². The standard InChI is InChI=1S/C15H27N3O5S2/c16-14-3-1-2-12(14)10-15(19)17-5-7-18(8-6-17)25(22,23)13-4-9-24(20,21)11-13/h12-14H,1-11,16H2/t12-,13?,14+/m0/s1. The summed E-state index contributed by atoms with van der Waals surface area (Å²) in [7, 11) is -6.86. The van der Waals surface area contributed by atoms with Crippen molar-refractivity contribution in [1.29, 1.82) is 0 Å². The molecule has 0 aromatic heterocycles. The van der Waals surface area contributed by atoms with Gasteiger partial charge in [-0.15, -0.1) is 0 Å². The molecule has 25 heavy (non-hydrogen) atoms. The van der Waals surface area contributed by atoms with Crippen LogP contribution in [0.25, 0.3) is 0 Å². The molecule has 3 atom stereocenters. The molecule has 1 aliphatic carbocycles. The molecular formula is C15H27N3O5S2. The van der Waals surface area contributed by atoms with E-state index in [1.165, 1.54) is 4.31 Å². The fraction of sp³-hybridized carbons (Fsp3) is 0.933. The van der Waals surface area contributed by atoms with E-state index < -0.39 is 25.1 Å². The van der Waals surface area contributed by atoms with Gasteiger partial charge in [-0.3, -0.25) is 4.79 Å². The van der Waals surface area contributed by atoms with E-state index >= 15 is 0 Å². The molecule has 0 bridgehead atoms. The van der Waals surface area contributed by atoms with Crippen molar-refractivity contribution >= 4 is 25.8 Å². The number of nitrogens with zero attached hydrogens (tertiary/aromatic N) is 2. The second kappa shape index (κ2) is 7.13. The minimum Gasteiger partial charge on any atom is -0.340 e. The SMILES string of the molecule is N[C@@H]1CCC[C@H]1CC(=O)N1CCN(S(=O)(=O)C2CCS(=O)(=O)C2)CC1. The molecule has 1 saturated carbocycles. The highest BCUT2D eigenvalue weighted by Gasteiger charge is 2.41. The molecule has 3 rings (SSSR count). The number of carbonyl (C=O) groups excluding carboxylic acids is 1. The van der Waals surface area contributed by atoms with Gasteiger partial charge in [-0.25, -0.2) is 16.8 Å². The van der Waals surface area contributed by atoms with Gasteiger partial charge in [0.2, 0.25) is 15.9 Å². The first kappa shape index (κ1) is 19.1. The van der Waals surface area contributed by atoms with Crippen LogP contribution in [0.1, 0.15) is 32.1 Å². The van der Waals surface area contributed by atoms with Gasteiger partial charge >= 0.3 is 0 Å². The molecule has 8 nitrogen and oxygen atoms in total. The largest absolute Gasteiger partial charge is 0.340 e. The van der Waals surface area contributed by atoms with Crippen LogP contribution < -0.4 is 5.73 Å². The van der Waals surface area contributed by atoms with Gasteiger partial charge in [0.15, 0.2) is 9.84 Å². The molecule has 0 spiro atoms. The average Bonchev–Trinajstić information content (AvgIpc) is 3.13. The maximum atomic E-state index is 12.6. The number of carbonyl (C=O) groups is 1. The third kappa shape index (κ3) is 4.17. The van der Waals surface area contributed by atoms with Crippen LogP contribution >= 0.6 is 0 Å². The zero-order valence-electron chi connectivity index (χ0n) is 14.3. The van der Waals surface area contributed by atoms with Crippen LogP contribution in [0.15, 0.2) is 0 Å². The number of sulfone groups is 1. The van der Waals surface area contributed by atoms with Crippen LogP contribution in [0.5, 0.6) is 0 Å². The number of nitrogens with two attached hydrogens (primary N) is 1. The molecule has 2 saturated heterocycles. The van der Waals surface area contributed by atoms with Crippen molar-refractivity contribution < 1.29 is 21.6 Å². The Morgan fingerprint density at radius 1 is 1.08 bits per heavy atom. The summed E-state index contributed by atoms with van der Waals surface area (Å²) in [5.41, 5.74) is 6.02. The third-order valence-electron chi connectivity index (χ3n) is 5.72. The number of hydrogen-bond acceptors (Lipinski definition) is 6. The zero-order chi connectivity index (χ0) is 18.2. The van der Waals surface area contributed by atoms with Gasteiger partial charge < -0.3 is 10.6 Å². The number of amides is 1. The highest BCUT2D eigenvalue weighted by Crippen LogP contribution is 2.28. The third-order valence-corrected chi connectivity index (χ3v) is 10.0. The highest BCUT2D eigenvalue weighted by molar-refractivity contribution is 7.95. The summed E-state index contributed by atoms with van der Waals surface area (Å²) in [5.74, 6) is -0.0637. The van der Waals surface area contributed by atoms with Crippen LogP contribution in [0.2, 0.25) is 0 Å². The average molecular weight is 394 g/mol. The smallest absolute Gasteiger partial charge is 0.222 e. The Hall–Kier alpha value is -0.710. The fourth-order valence-corrected chi connectivity index (χ4v) is 8.58. The van der Waals surface area contributed by atoms with E-state index in [1.54, 1.807) is 4.90 Å². The predicted molar refractivity (Wildman–Crippen MR) is 94.1 cm³/mol. The maximum Gasteiger partial charge on any atom is 0.222 e. The van der Waals surface area contributed by atoms with Gasteiger partial charge in [-0.1, -0.05) is 6.42 Å². The first-order valence-electron chi connectivity index (χ1n) is 8.92. The number of sulfonamides is 1. The van der Waals surface area contributed by atoms with Crippen LogP contribution in [0, 0.1) is 5.92 Å². The monoisotopic (exact) mass is 393 g/mol. The van der Waals surface area contributed by atoms with Gasteiger partial charge in [0.05, 0.1) is 16.8 Å². The van der Waals surface area contributed by atoms with E-state index in [4.69, 9.17) is 5.73 Å². The van der Waals surface area contributed by atoms with Crippen molar-refractivity contribution in [2.45, 2.75) is 43.4 Å². The van der Waals surface area contributed by atoms with E-state index in [0.29, 0.717) is 19.5 Å². The van der Waals surface area contributed by atoms with E-state index in [-0.39, 0.29) is 48.9 Å². The minimum absolute atomic E-state index is 0.0443. The lowest BCUT2D eigenvalue weighted by Gasteiger charge is -2.35. The van der Waals surface area contributed by atoms with Crippen molar-refractivity contribution in [2.24, 2.45) is 11.7 Å². The predicted octanol–water partition coefficient (Wildman–Crippen LogP) is -0.835. The first-order chi connectivity index (χ1) is 11.7. The van der Waals surface area contributed by atoms with Crippen LogP contribution in [-0.4, -0.2) is 80.9 Å². The van der Waals surface area contributed by atoms with E-state index in [1.807, 2.05) is 0 Å². The Labute approximate surface area is 149 Å². The van der Waals surface area contributed by atoms with Crippen LogP contribution in [0.4, 0.5) is 0 Å². The molecular weight excluding hydrogens is 366 g/mol. The molecule has 2 aliphatic heterocycles. The van der Waals surface area contributed by atoms with Gasteiger partial charge in [0.25, 0.3) is 0 Å². The molecule has 0 radical (unpaired) electrons. The van der Waals surface area contributed by atoms with Crippen LogP contribution in [0.3, 0.4) is 0 Å². The number of piperazine rings is 1. The molecule has 3 aliphatic rings. The van der Waals surface area contributed by atoms with Crippen molar-refractivity contribution in [3.63, 3.8) is 0 Å². The summed E-state index contributed by atoms with van der Waals surface area (Å²) in [6.07, 6.45) is 3.62. The summed E-state index contributed by atoms with van der Waals surface area (Å²) in [6, 6.07) is 0.0925. The van der Waals surface area contributed by atoms with Crippen molar-refractivity contribution in [2.75, 3.05) is 37.7 Å². The molecule has 1 amide bonds. The number of rotatable bonds is 4. The number of hydrogen-bond donors (Lipinski definition) is 1. The van der Waals surface area contributed by atoms with E-state index in [0.717, 1.165) is 19.3 Å². The quantitative estimate of drug-likeness (QED) is 0.666. The lowest BCUT2D eigenvalue weighted by Crippen LogP contribution is -2.53. The summed E-state index contributed by atoms with van der Waals surface area (Å²) < 4.78 is 49.7. The first-order valence-corrected chi connectivity index (χ1v) is 12.2. The summed E-state index contributed by atoms with van der Waals surface area (Å²) in [6.45, 7) is 1.20. The Morgan fingerprint density at radius 3 is 2.28 bits per heavy atom. The second-order valence-electron chi connectivity index (χ2n) is 7.41. The lowest BCUT2D eigenvalue weighted by atomic mass is 9.99. The van der Waals surface area contributed by atoms with E-state index in [2.05, 4.69) is 0 Å². The van der Waals surface area contributed by atoms with Crippen molar-refractivity contribution in [3.8, 4) is 0 Å². The second-order valence-corrected chi connectivity index (χ2v) is 11.9. The van der Waals surface area contributed by atoms with Crippen LogP contribution in [-0.2, 0) is 24.7 Å².